The lowest BCUT2D eigenvalue weighted by molar-refractivity contribution is 0.230. The lowest BCUT2D eigenvalue weighted by atomic mass is 10.1. The molecule has 25 heavy (non-hydrogen) atoms. The highest BCUT2D eigenvalue weighted by Gasteiger charge is 2.27. The van der Waals surface area contributed by atoms with Crippen molar-refractivity contribution < 1.29 is 4.28 Å². The van der Waals surface area contributed by atoms with E-state index < -0.39 is 10.3 Å². The standard InChI is InChI=1S/C21H32N2OS/c1-8-25(6,7)24-23(21(3,4)5)20-15-13-19(14-16-20)22-18-11-9-17(2)10-12-18/h9-16,22H,8H2,1-7H3. The second-order valence-electron chi connectivity index (χ2n) is 7.80. The highest BCUT2D eigenvalue weighted by Crippen LogP contribution is 2.44. The monoisotopic (exact) mass is 360 g/mol. The Balaban J connectivity index is 2.18. The van der Waals surface area contributed by atoms with Crippen molar-refractivity contribution in [3.8, 4) is 0 Å². The summed E-state index contributed by atoms with van der Waals surface area (Å²) in [5.41, 5.74) is 4.41. The molecule has 0 bridgehead atoms. The molecule has 0 amide bonds. The number of hydrogen-bond acceptors (Lipinski definition) is 3. The maximum atomic E-state index is 6.41. The molecule has 0 atom stereocenters. The summed E-state index contributed by atoms with van der Waals surface area (Å²) in [6, 6.07) is 16.9. The summed E-state index contributed by atoms with van der Waals surface area (Å²) in [6.45, 7) is 10.8. The van der Waals surface area contributed by atoms with E-state index in [2.05, 4.69) is 106 Å². The van der Waals surface area contributed by atoms with Crippen molar-refractivity contribution in [2.75, 3.05) is 28.6 Å². The van der Waals surface area contributed by atoms with E-state index in [1.165, 1.54) is 5.56 Å². The molecule has 0 aliphatic carbocycles. The van der Waals surface area contributed by atoms with Crippen LogP contribution in [0.5, 0.6) is 0 Å². The average molecular weight is 361 g/mol. The van der Waals surface area contributed by atoms with Gasteiger partial charge in [0, 0.05) is 11.4 Å². The molecule has 4 heteroatoms. The molecule has 0 aliphatic rings. The Kier molecular flexibility index (Phi) is 6.07. The van der Waals surface area contributed by atoms with Gasteiger partial charge in [-0.3, -0.25) is 0 Å². The first-order chi connectivity index (χ1) is 11.6. The number of hydroxylamine groups is 1. The minimum absolute atomic E-state index is 0.106. The molecule has 1 N–H and O–H groups in total. The number of nitrogens with one attached hydrogen (secondary N) is 1. The zero-order valence-corrected chi connectivity index (χ0v) is 17.4. The van der Waals surface area contributed by atoms with Crippen molar-refractivity contribution in [1.82, 2.24) is 0 Å². The number of benzene rings is 2. The van der Waals surface area contributed by atoms with E-state index in [4.69, 9.17) is 4.28 Å². The largest absolute Gasteiger partial charge is 0.356 e. The summed E-state index contributed by atoms with van der Waals surface area (Å²) >= 11 is 0. The van der Waals surface area contributed by atoms with Gasteiger partial charge in [-0.25, -0.2) is 9.35 Å². The van der Waals surface area contributed by atoms with E-state index in [1.807, 2.05) is 0 Å². The zero-order valence-electron chi connectivity index (χ0n) is 16.6. The molecule has 0 aromatic heterocycles. The van der Waals surface area contributed by atoms with Crippen LogP contribution in [-0.2, 0) is 4.28 Å². The molecule has 0 spiro atoms. The van der Waals surface area contributed by atoms with Crippen LogP contribution in [0.1, 0.15) is 33.3 Å². The van der Waals surface area contributed by atoms with E-state index >= 15 is 0 Å². The molecule has 0 saturated heterocycles. The molecule has 3 nitrogen and oxygen atoms in total. The van der Waals surface area contributed by atoms with Gasteiger partial charge in [0.05, 0.1) is 11.2 Å². The summed E-state index contributed by atoms with van der Waals surface area (Å²) in [5.74, 6) is 1.03. The van der Waals surface area contributed by atoms with Gasteiger partial charge in [-0.05, 0) is 82.4 Å². The van der Waals surface area contributed by atoms with Crippen molar-refractivity contribution in [3.63, 3.8) is 0 Å². The maximum absolute atomic E-state index is 6.41. The topological polar surface area (TPSA) is 24.5 Å². The van der Waals surface area contributed by atoms with Crippen molar-refractivity contribution in [1.29, 1.82) is 0 Å². The first-order valence-corrected chi connectivity index (χ1v) is 11.3. The lowest BCUT2D eigenvalue weighted by Gasteiger charge is -2.43. The van der Waals surface area contributed by atoms with Gasteiger partial charge < -0.3 is 5.32 Å². The summed E-state index contributed by atoms with van der Waals surface area (Å²) in [5, 5.41) is 5.50. The minimum atomic E-state index is -1.10. The van der Waals surface area contributed by atoms with E-state index in [-0.39, 0.29) is 5.54 Å². The Bertz CT molecular complexity index is 673. The highest BCUT2D eigenvalue weighted by atomic mass is 32.3. The Morgan fingerprint density at radius 3 is 1.84 bits per heavy atom. The molecule has 0 unspecified atom stereocenters. The molecular weight excluding hydrogens is 328 g/mol. The van der Waals surface area contributed by atoms with Crippen LogP contribution in [-0.4, -0.2) is 23.8 Å². The van der Waals surface area contributed by atoms with Crippen molar-refractivity contribution in [2.24, 2.45) is 0 Å². The van der Waals surface area contributed by atoms with E-state index in [9.17, 15) is 0 Å². The number of hydrogen-bond donors (Lipinski definition) is 1. The molecule has 2 aromatic rings. The second-order valence-corrected chi connectivity index (χ2v) is 11.4. The van der Waals surface area contributed by atoms with Gasteiger partial charge >= 0.3 is 0 Å². The Morgan fingerprint density at radius 2 is 1.40 bits per heavy atom. The van der Waals surface area contributed by atoms with E-state index in [1.54, 1.807) is 0 Å². The van der Waals surface area contributed by atoms with Crippen molar-refractivity contribution >= 4 is 27.4 Å². The van der Waals surface area contributed by atoms with Gasteiger partial charge in [-0.1, -0.05) is 24.6 Å². The predicted octanol–water partition coefficient (Wildman–Crippen LogP) is 6.27. The Hall–Kier alpha value is -1.65. The van der Waals surface area contributed by atoms with Crippen LogP contribution in [0.4, 0.5) is 17.1 Å². The van der Waals surface area contributed by atoms with Crippen LogP contribution in [0, 0.1) is 6.92 Å². The summed E-state index contributed by atoms with van der Waals surface area (Å²) in [4.78, 5) is 0. The summed E-state index contributed by atoms with van der Waals surface area (Å²) in [6.07, 6.45) is 4.41. The molecule has 0 saturated carbocycles. The van der Waals surface area contributed by atoms with Crippen LogP contribution < -0.4 is 10.4 Å². The molecule has 2 aromatic carbocycles. The van der Waals surface area contributed by atoms with Crippen LogP contribution in [0.2, 0.25) is 0 Å². The predicted molar refractivity (Wildman–Crippen MR) is 114 cm³/mol. The van der Waals surface area contributed by atoms with Crippen LogP contribution in [0.25, 0.3) is 0 Å². The number of anilines is 3. The van der Waals surface area contributed by atoms with Crippen LogP contribution in [0.3, 0.4) is 0 Å². The third-order valence-corrected chi connectivity index (χ3v) is 5.97. The number of nitrogens with zero attached hydrogens (tertiary/aromatic N) is 1. The summed E-state index contributed by atoms with van der Waals surface area (Å²) in [7, 11) is -1.10. The first-order valence-electron chi connectivity index (χ1n) is 8.75. The van der Waals surface area contributed by atoms with E-state index in [0.29, 0.717) is 0 Å². The van der Waals surface area contributed by atoms with Gasteiger partial charge in [-0.15, -0.1) is 10.3 Å². The Morgan fingerprint density at radius 1 is 0.920 bits per heavy atom. The molecule has 0 heterocycles. The van der Waals surface area contributed by atoms with Gasteiger partial charge in [0.2, 0.25) is 0 Å². The minimum Gasteiger partial charge on any atom is -0.356 e. The molecule has 2 rings (SSSR count). The normalized spacial score (nSPS) is 12.8. The molecular formula is C21H32N2OS. The number of rotatable bonds is 6. The third-order valence-electron chi connectivity index (χ3n) is 4.02. The quantitative estimate of drug-likeness (QED) is 0.614. The van der Waals surface area contributed by atoms with E-state index in [0.717, 1.165) is 22.8 Å². The second kappa shape index (κ2) is 7.71. The van der Waals surface area contributed by atoms with Gasteiger partial charge in [0.25, 0.3) is 0 Å². The smallest absolute Gasteiger partial charge is 0.0655 e. The van der Waals surface area contributed by atoms with Gasteiger partial charge in [0.15, 0.2) is 0 Å². The van der Waals surface area contributed by atoms with Crippen LogP contribution in [0.15, 0.2) is 48.5 Å². The highest BCUT2D eigenvalue weighted by molar-refractivity contribution is 8.28. The molecule has 0 radical (unpaired) electrons. The van der Waals surface area contributed by atoms with Crippen molar-refractivity contribution in [3.05, 3.63) is 54.1 Å². The van der Waals surface area contributed by atoms with Gasteiger partial charge in [0.1, 0.15) is 0 Å². The average Bonchev–Trinajstić information content (AvgIpc) is 2.55. The first kappa shape index (κ1) is 19.7. The fourth-order valence-corrected chi connectivity index (χ4v) is 3.10. The summed E-state index contributed by atoms with van der Waals surface area (Å²) < 4.78 is 6.41. The fourth-order valence-electron chi connectivity index (χ4n) is 2.28. The fraction of sp³-hybridized carbons (Fsp3) is 0.429. The zero-order chi connectivity index (χ0) is 18.7. The molecule has 138 valence electrons. The molecule has 0 aliphatic heterocycles. The Labute approximate surface area is 154 Å². The van der Waals surface area contributed by atoms with Crippen molar-refractivity contribution in [2.45, 2.75) is 40.2 Å². The van der Waals surface area contributed by atoms with Gasteiger partial charge in [-0.2, -0.15) is 0 Å². The maximum Gasteiger partial charge on any atom is 0.0655 e. The SMILES string of the molecule is CCS(C)(C)ON(c1ccc(Nc2ccc(C)cc2)cc1)C(C)(C)C. The van der Waals surface area contributed by atoms with Crippen LogP contribution >= 0.6 is 10.3 Å². The molecule has 0 fully saturated rings. The third kappa shape index (κ3) is 5.68. The number of aryl methyl sites for hydroxylation is 1. The lowest BCUT2D eigenvalue weighted by Crippen LogP contribution is -2.42.